The molecule has 0 spiro atoms. The van der Waals surface area contributed by atoms with Crippen LogP contribution in [0.15, 0.2) is 109 Å². The number of hydrogen-bond acceptors (Lipinski definition) is 8. The number of carbonyl (C=O) groups excluding carboxylic acids is 2. The van der Waals surface area contributed by atoms with Gasteiger partial charge in [0.1, 0.15) is 23.9 Å². The van der Waals surface area contributed by atoms with Crippen LogP contribution in [0.25, 0.3) is 64.6 Å². The minimum Gasteiger partial charge on any atom is -0.496 e. The van der Waals surface area contributed by atoms with E-state index in [4.69, 9.17) is 23.7 Å². The lowest BCUT2D eigenvalue weighted by molar-refractivity contribution is -0.119. The Morgan fingerprint density at radius 2 is 0.970 bits per heavy atom. The van der Waals surface area contributed by atoms with Gasteiger partial charge < -0.3 is 38.9 Å². The second-order valence-electron chi connectivity index (χ2n) is 17.6. The van der Waals surface area contributed by atoms with Gasteiger partial charge in [-0.25, -0.2) is 0 Å². The SMILES string of the molecule is COc1cc(COCc2cc3ccc4cc(COCCCCCCNC(C)=O)cc5ccc(c2)c3c45)c(OC(C)CC=O)cc1COCc1cc2ccc3cc(CO)cc4ccc(c1)c2c34. The summed E-state index contributed by atoms with van der Waals surface area (Å²) in [5.74, 6) is 1.33. The quantitative estimate of drug-likeness (QED) is 0.0371. The Kier molecular flexibility index (Phi) is 13.9. The van der Waals surface area contributed by atoms with Crippen LogP contribution in [-0.2, 0) is 63.4 Å². The zero-order chi connectivity index (χ0) is 45.6. The van der Waals surface area contributed by atoms with E-state index in [2.05, 4.69) is 102 Å². The number of methoxy groups -OCH3 is 1. The summed E-state index contributed by atoms with van der Waals surface area (Å²) >= 11 is 0. The largest absolute Gasteiger partial charge is 0.496 e. The lowest BCUT2D eigenvalue weighted by atomic mass is 9.92. The Labute approximate surface area is 385 Å². The third-order valence-electron chi connectivity index (χ3n) is 12.6. The van der Waals surface area contributed by atoms with Crippen LogP contribution in [0.1, 0.15) is 79.3 Å². The molecule has 1 atom stereocenters. The highest BCUT2D eigenvalue weighted by molar-refractivity contribution is 6.24. The summed E-state index contributed by atoms with van der Waals surface area (Å²) in [7, 11) is 1.66. The van der Waals surface area contributed by atoms with Gasteiger partial charge >= 0.3 is 0 Å². The van der Waals surface area contributed by atoms with E-state index in [1.54, 1.807) is 14.0 Å². The Morgan fingerprint density at radius 3 is 1.39 bits per heavy atom. The van der Waals surface area contributed by atoms with Gasteiger partial charge in [0, 0.05) is 37.6 Å². The van der Waals surface area contributed by atoms with E-state index in [1.165, 1.54) is 48.7 Å². The average molecular weight is 884 g/mol. The monoisotopic (exact) mass is 883 g/mol. The highest BCUT2D eigenvalue weighted by Crippen LogP contribution is 2.39. The Hall–Kier alpha value is -6.36. The number of carbonyl (C=O) groups is 2. The van der Waals surface area contributed by atoms with Gasteiger partial charge in [-0.3, -0.25) is 4.79 Å². The van der Waals surface area contributed by atoms with Crippen LogP contribution in [0, 0.1) is 0 Å². The molecule has 0 aromatic heterocycles. The third kappa shape index (κ3) is 9.90. The van der Waals surface area contributed by atoms with Crippen LogP contribution in [-0.4, -0.2) is 43.7 Å². The van der Waals surface area contributed by atoms with Gasteiger partial charge in [-0.2, -0.15) is 0 Å². The van der Waals surface area contributed by atoms with Crippen molar-refractivity contribution in [3.05, 3.63) is 143 Å². The first-order valence-corrected chi connectivity index (χ1v) is 23.1. The van der Waals surface area contributed by atoms with Crippen molar-refractivity contribution in [1.82, 2.24) is 5.32 Å². The molecule has 66 heavy (non-hydrogen) atoms. The highest BCUT2D eigenvalue weighted by atomic mass is 16.5. The predicted molar refractivity (Wildman–Crippen MR) is 264 cm³/mol. The number of amides is 1. The lowest BCUT2D eigenvalue weighted by Gasteiger charge is -2.20. The van der Waals surface area contributed by atoms with Crippen molar-refractivity contribution < 1.29 is 38.4 Å². The molecule has 0 bridgehead atoms. The van der Waals surface area contributed by atoms with Gasteiger partial charge in [0.05, 0.1) is 46.8 Å². The van der Waals surface area contributed by atoms with Gasteiger partial charge in [-0.05, 0) is 167 Å². The zero-order valence-electron chi connectivity index (χ0n) is 38.0. The first kappa shape index (κ1) is 44.8. The second kappa shape index (κ2) is 20.4. The molecule has 0 fully saturated rings. The summed E-state index contributed by atoms with van der Waals surface area (Å²) in [4.78, 5) is 22.5. The molecular formula is C57H57NO8. The number of aldehydes is 1. The molecule has 0 aliphatic rings. The molecule has 338 valence electrons. The maximum absolute atomic E-state index is 11.4. The van der Waals surface area contributed by atoms with Gasteiger partial charge in [0.15, 0.2) is 0 Å². The number of benzene rings is 9. The molecule has 9 nitrogen and oxygen atoms in total. The molecule has 0 radical (unpaired) electrons. The fourth-order valence-corrected chi connectivity index (χ4v) is 9.54. The number of rotatable bonds is 23. The molecule has 0 aliphatic carbocycles. The van der Waals surface area contributed by atoms with Gasteiger partial charge in [0.2, 0.25) is 5.91 Å². The standard InChI is InChI=1S/C57H57NO8/c1-36(16-18-59)66-53-29-50(34-64-32-40-24-46-10-8-42-20-38(30-60)21-43-9-11-47(25-40)55(46)54(42)43)52(62-3)28-51(53)35-65-33-41-26-48-14-12-44-22-39(23-45-13-15-49(27-41)57(48)56(44)45)31-63-19-7-5-4-6-17-58-37(2)61/h8-15,18,20-29,36,60H,4-7,16-17,19,30-35H2,1-3H3,(H,58,61). The molecular weight excluding hydrogens is 827 g/mol. The predicted octanol–water partition coefficient (Wildman–Crippen LogP) is 12.0. The minimum atomic E-state index is -0.328. The number of aliphatic hydroxyl groups excluding tert-OH is 1. The second-order valence-corrected chi connectivity index (χ2v) is 17.6. The molecule has 9 heteroatoms. The molecule has 0 aliphatic heterocycles. The fraction of sp³-hybridized carbons (Fsp3) is 0.298. The molecule has 9 aromatic rings. The van der Waals surface area contributed by atoms with Crippen molar-refractivity contribution in [3.8, 4) is 11.5 Å². The topological polar surface area (TPSA) is 113 Å². The first-order valence-electron chi connectivity index (χ1n) is 23.1. The Balaban J connectivity index is 0.856. The molecule has 1 unspecified atom stereocenters. The number of hydrogen-bond donors (Lipinski definition) is 2. The highest BCUT2D eigenvalue weighted by Gasteiger charge is 2.17. The summed E-state index contributed by atoms with van der Waals surface area (Å²) in [5, 5.41) is 26.9. The number of aliphatic hydroxyl groups is 1. The van der Waals surface area contributed by atoms with Crippen LogP contribution in [0.2, 0.25) is 0 Å². The summed E-state index contributed by atoms with van der Waals surface area (Å²) in [5.41, 5.74) is 5.87. The summed E-state index contributed by atoms with van der Waals surface area (Å²) in [6, 6.07) is 38.7. The van der Waals surface area contributed by atoms with Crippen LogP contribution < -0.4 is 14.8 Å². The lowest BCUT2D eigenvalue weighted by Crippen LogP contribution is -2.20. The van der Waals surface area contributed by atoms with Gasteiger partial charge in [0.25, 0.3) is 0 Å². The number of nitrogens with one attached hydrogen (secondary N) is 1. The van der Waals surface area contributed by atoms with Crippen molar-refractivity contribution in [2.75, 3.05) is 20.3 Å². The van der Waals surface area contributed by atoms with Crippen molar-refractivity contribution in [1.29, 1.82) is 0 Å². The maximum atomic E-state index is 11.4. The summed E-state index contributed by atoms with van der Waals surface area (Å²) in [6.45, 7) is 6.86. The average Bonchev–Trinajstić information content (AvgIpc) is 3.32. The number of unbranched alkanes of at least 4 members (excludes halogenated alkanes) is 3. The van der Waals surface area contributed by atoms with Crippen molar-refractivity contribution in [2.45, 2.75) is 91.7 Å². The van der Waals surface area contributed by atoms with Gasteiger partial charge in [-0.15, -0.1) is 0 Å². The molecule has 0 saturated heterocycles. The zero-order valence-corrected chi connectivity index (χ0v) is 38.0. The van der Waals surface area contributed by atoms with E-state index >= 15 is 0 Å². The first-order chi connectivity index (χ1) is 32.3. The van der Waals surface area contributed by atoms with Crippen LogP contribution in [0.4, 0.5) is 0 Å². The van der Waals surface area contributed by atoms with Gasteiger partial charge in [-0.1, -0.05) is 61.4 Å². The molecule has 9 rings (SSSR count). The van der Waals surface area contributed by atoms with Crippen molar-refractivity contribution in [3.63, 3.8) is 0 Å². The normalized spacial score (nSPS) is 12.4. The maximum Gasteiger partial charge on any atom is 0.216 e. The summed E-state index contributed by atoms with van der Waals surface area (Å²) < 4.78 is 31.1. The van der Waals surface area contributed by atoms with E-state index in [1.807, 2.05) is 19.1 Å². The third-order valence-corrected chi connectivity index (χ3v) is 12.6. The molecule has 1 amide bonds. The van der Waals surface area contributed by atoms with E-state index in [0.29, 0.717) is 37.9 Å². The van der Waals surface area contributed by atoms with Crippen LogP contribution in [0.3, 0.4) is 0 Å². The molecule has 0 heterocycles. The molecule has 0 saturated carbocycles. The molecule has 2 N–H and O–H groups in total. The minimum absolute atomic E-state index is 0.0151. The Morgan fingerprint density at radius 1 is 0.561 bits per heavy atom. The van der Waals surface area contributed by atoms with E-state index < -0.39 is 0 Å². The summed E-state index contributed by atoms with van der Waals surface area (Å²) in [6.07, 6.45) is 4.98. The van der Waals surface area contributed by atoms with Crippen LogP contribution >= 0.6 is 0 Å². The van der Waals surface area contributed by atoms with E-state index in [-0.39, 0.29) is 31.6 Å². The number of ether oxygens (including phenoxy) is 5. The Bertz CT molecular complexity index is 3010. The fourth-order valence-electron chi connectivity index (χ4n) is 9.54. The van der Waals surface area contributed by atoms with Crippen LogP contribution in [0.5, 0.6) is 11.5 Å². The van der Waals surface area contributed by atoms with E-state index in [0.717, 1.165) is 94.5 Å². The van der Waals surface area contributed by atoms with Crippen molar-refractivity contribution in [2.24, 2.45) is 0 Å². The van der Waals surface area contributed by atoms with Crippen molar-refractivity contribution >= 4 is 76.8 Å². The molecule has 9 aromatic carbocycles. The smallest absolute Gasteiger partial charge is 0.216 e. The van der Waals surface area contributed by atoms with E-state index in [9.17, 15) is 14.7 Å².